The van der Waals surface area contributed by atoms with Gasteiger partial charge in [-0.15, -0.1) is 0 Å². The van der Waals surface area contributed by atoms with Gasteiger partial charge < -0.3 is 20.2 Å². The summed E-state index contributed by atoms with van der Waals surface area (Å²) in [6.07, 6.45) is -1.10. The molecular formula is C15H30N2O5Si. The van der Waals surface area contributed by atoms with Crippen LogP contribution in [0.5, 0.6) is 0 Å². The third-order valence-electron chi connectivity index (χ3n) is 3.69. The molecule has 0 saturated carbocycles. The summed E-state index contributed by atoms with van der Waals surface area (Å²) in [6, 6.07) is -1.14. The van der Waals surface area contributed by atoms with Crippen LogP contribution in [0.2, 0.25) is 18.1 Å². The van der Waals surface area contributed by atoms with Gasteiger partial charge in [-0.25, -0.2) is 4.79 Å². The van der Waals surface area contributed by atoms with Crippen molar-refractivity contribution in [1.82, 2.24) is 5.32 Å². The Bertz CT molecular complexity index is 444. The molecule has 0 aromatic heterocycles. The van der Waals surface area contributed by atoms with Gasteiger partial charge in [0.2, 0.25) is 5.91 Å². The summed E-state index contributed by atoms with van der Waals surface area (Å²) in [5, 5.41) is 2.18. The number of carbonyl (C=O) groups excluding carboxylic acids is 3. The first kappa shape index (κ1) is 21.4. The molecule has 3 N–H and O–H groups in total. The zero-order valence-corrected chi connectivity index (χ0v) is 16.2. The van der Waals surface area contributed by atoms with Crippen LogP contribution in [-0.2, 0) is 18.8 Å². The number of hydrogen-bond donors (Lipinski definition) is 2. The van der Waals surface area contributed by atoms with E-state index in [0.717, 1.165) is 0 Å². The minimum Gasteiger partial charge on any atom is -0.518 e. The summed E-state index contributed by atoms with van der Waals surface area (Å²) in [5.74, 6) is -1.20. The highest BCUT2D eigenvalue weighted by molar-refractivity contribution is 6.75. The number of nitrogens with one attached hydrogen (secondary N) is 1. The highest BCUT2D eigenvalue weighted by Gasteiger charge is 2.42. The molecule has 0 rings (SSSR count). The molecule has 23 heavy (non-hydrogen) atoms. The quantitative estimate of drug-likeness (QED) is 0.687. The zero-order chi connectivity index (χ0) is 18.4. The lowest BCUT2D eigenvalue weighted by atomic mass is 10.2. The Morgan fingerprint density at radius 1 is 1.17 bits per heavy atom. The number of alkyl carbamates (subject to hydrolysis) is 1. The smallest absolute Gasteiger partial charge is 0.407 e. The van der Waals surface area contributed by atoms with E-state index in [4.69, 9.17) is 14.9 Å². The lowest BCUT2D eigenvalue weighted by molar-refractivity contribution is -0.139. The first-order valence-electron chi connectivity index (χ1n) is 7.70. The molecule has 0 spiro atoms. The van der Waals surface area contributed by atoms with Crippen LogP contribution in [0.15, 0.2) is 0 Å². The largest absolute Gasteiger partial charge is 0.518 e. The van der Waals surface area contributed by atoms with Gasteiger partial charge in [-0.1, -0.05) is 34.6 Å². The van der Waals surface area contributed by atoms with E-state index in [1.807, 2.05) is 47.7 Å². The van der Waals surface area contributed by atoms with Gasteiger partial charge in [-0.05, 0) is 24.1 Å². The molecule has 1 atom stereocenters. The van der Waals surface area contributed by atoms with Crippen molar-refractivity contribution >= 4 is 26.3 Å². The van der Waals surface area contributed by atoms with E-state index in [-0.39, 0.29) is 24.0 Å². The minimum absolute atomic E-state index is 0.162. The Labute approximate surface area is 139 Å². The summed E-state index contributed by atoms with van der Waals surface area (Å²) in [6.45, 7) is 13.8. The van der Waals surface area contributed by atoms with Crippen molar-refractivity contribution in [3.05, 3.63) is 0 Å². The van der Waals surface area contributed by atoms with Crippen LogP contribution in [0.25, 0.3) is 0 Å². The number of hydrogen-bond acceptors (Lipinski definition) is 5. The Morgan fingerprint density at radius 2 is 1.70 bits per heavy atom. The van der Waals surface area contributed by atoms with Crippen LogP contribution >= 0.6 is 0 Å². The Kier molecular flexibility index (Phi) is 7.76. The molecule has 0 aliphatic rings. The fourth-order valence-corrected chi connectivity index (χ4v) is 2.25. The van der Waals surface area contributed by atoms with E-state index < -0.39 is 32.3 Å². The van der Waals surface area contributed by atoms with Gasteiger partial charge in [0.1, 0.15) is 6.04 Å². The molecule has 0 aromatic carbocycles. The second-order valence-electron chi connectivity index (χ2n) is 7.54. The van der Waals surface area contributed by atoms with Crippen molar-refractivity contribution in [2.45, 2.75) is 65.2 Å². The molecule has 1 unspecified atom stereocenters. The molecule has 134 valence electrons. The van der Waals surface area contributed by atoms with E-state index >= 15 is 0 Å². The lowest BCUT2D eigenvalue weighted by Crippen LogP contribution is -2.50. The Hall–Kier alpha value is -1.57. The number of ether oxygens (including phenoxy) is 1. The second-order valence-corrected chi connectivity index (χ2v) is 12.3. The van der Waals surface area contributed by atoms with Crippen molar-refractivity contribution in [1.29, 1.82) is 0 Å². The third kappa shape index (κ3) is 8.01. The lowest BCUT2D eigenvalue weighted by Gasteiger charge is -2.36. The van der Waals surface area contributed by atoms with Crippen LogP contribution in [0.3, 0.4) is 0 Å². The highest BCUT2D eigenvalue weighted by atomic mass is 28.4. The maximum atomic E-state index is 12.3. The number of primary amides is 1. The van der Waals surface area contributed by atoms with Crippen molar-refractivity contribution < 1.29 is 23.5 Å². The Morgan fingerprint density at radius 3 is 2.09 bits per heavy atom. The van der Waals surface area contributed by atoms with Crippen molar-refractivity contribution in [2.24, 2.45) is 11.7 Å². The summed E-state index contributed by atoms with van der Waals surface area (Å²) < 4.78 is 10.6. The molecule has 7 nitrogen and oxygen atoms in total. The summed E-state index contributed by atoms with van der Waals surface area (Å²) in [4.78, 5) is 35.2. The summed E-state index contributed by atoms with van der Waals surface area (Å²) in [7, 11) is -2.36. The van der Waals surface area contributed by atoms with E-state index in [1.165, 1.54) is 0 Å². The van der Waals surface area contributed by atoms with Crippen molar-refractivity contribution in [2.75, 3.05) is 6.61 Å². The first-order valence-corrected chi connectivity index (χ1v) is 10.6. The van der Waals surface area contributed by atoms with Crippen molar-refractivity contribution in [3.8, 4) is 0 Å². The average Bonchev–Trinajstić information content (AvgIpc) is 2.33. The van der Waals surface area contributed by atoms with Crippen LogP contribution < -0.4 is 11.1 Å². The molecule has 0 fully saturated rings. The zero-order valence-electron chi connectivity index (χ0n) is 15.2. The molecule has 0 aliphatic heterocycles. The molecule has 0 saturated heterocycles. The SMILES string of the molecule is CC(C)COC(=O)NC(CC(N)=O)C(=O)O[Si](C)(C)C(C)(C)C. The normalized spacial score (nSPS) is 13.4. The maximum Gasteiger partial charge on any atom is 0.407 e. The van der Waals surface area contributed by atoms with Crippen LogP contribution in [-0.4, -0.2) is 38.9 Å². The second kappa shape index (κ2) is 8.33. The summed E-state index contributed by atoms with van der Waals surface area (Å²) in [5.41, 5.74) is 5.15. The number of nitrogens with two attached hydrogens (primary N) is 1. The molecule has 0 heterocycles. The highest BCUT2D eigenvalue weighted by Crippen LogP contribution is 2.36. The predicted octanol–water partition coefficient (Wildman–Crippen LogP) is 2.16. The van der Waals surface area contributed by atoms with Gasteiger partial charge in [0.05, 0.1) is 13.0 Å². The predicted molar refractivity (Wildman–Crippen MR) is 90.2 cm³/mol. The van der Waals surface area contributed by atoms with E-state index in [0.29, 0.717) is 0 Å². The average molecular weight is 347 g/mol. The van der Waals surface area contributed by atoms with Crippen LogP contribution in [0.4, 0.5) is 4.79 Å². The monoisotopic (exact) mass is 346 g/mol. The number of amides is 2. The molecule has 0 bridgehead atoms. The molecule has 0 radical (unpaired) electrons. The van der Waals surface area contributed by atoms with Gasteiger partial charge in [0.15, 0.2) is 0 Å². The van der Waals surface area contributed by atoms with Gasteiger partial charge in [0, 0.05) is 0 Å². The van der Waals surface area contributed by atoms with E-state index in [9.17, 15) is 14.4 Å². The molecular weight excluding hydrogens is 316 g/mol. The van der Waals surface area contributed by atoms with Gasteiger partial charge in [-0.3, -0.25) is 9.59 Å². The first-order chi connectivity index (χ1) is 10.3. The number of rotatable bonds is 7. The Balaban J connectivity index is 4.93. The molecule has 2 amide bonds. The van der Waals surface area contributed by atoms with Gasteiger partial charge in [0.25, 0.3) is 8.32 Å². The van der Waals surface area contributed by atoms with Gasteiger partial charge in [-0.2, -0.15) is 0 Å². The third-order valence-corrected chi connectivity index (χ3v) is 8.02. The number of carbonyl (C=O) groups is 3. The summed E-state index contributed by atoms with van der Waals surface area (Å²) >= 11 is 0. The fraction of sp³-hybridized carbons (Fsp3) is 0.800. The van der Waals surface area contributed by atoms with E-state index in [2.05, 4.69) is 5.32 Å². The molecule has 0 aromatic rings. The van der Waals surface area contributed by atoms with E-state index in [1.54, 1.807) is 0 Å². The maximum absolute atomic E-state index is 12.3. The molecule has 8 heteroatoms. The van der Waals surface area contributed by atoms with Crippen molar-refractivity contribution in [3.63, 3.8) is 0 Å². The standard InChI is InChI=1S/C15H30N2O5Si/c1-10(2)9-21-14(20)17-11(8-12(16)18)13(19)22-23(6,7)15(3,4)5/h10-11H,8-9H2,1-7H3,(H2,16,18)(H,17,20). The minimum atomic E-state index is -2.36. The van der Waals surface area contributed by atoms with Crippen LogP contribution in [0.1, 0.15) is 41.0 Å². The molecule has 0 aliphatic carbocycles. The topological polar surface area (TPSA) is 108 Å². The van der Waals surface area contributed by atoms with Crippen LogP contribution in [0, 0.1) is 5.92 Å². The fourth-order valence-electron chi connectivity index (χ4n) is 1.30. The van der Waals surface area contributed by atoms with Gasteiger partial charge >= 0.3 is 12.1 Å².